The van der Waals surface area contributed by atoms with Crippen LogP contribution in [-0.2, 0) is 12.8 Å². The van der Waals surface area contributed by atoms with Crippen LogP contribution in [0.3, 0.4) is 0 Å². The van der Waals surface area contributed by atoms with E-state index in [1.807, 2.05) is 12.3 Å². The van der Waals surface area contributed by atoms with Crippen molar-refractivity contribution in [3.05, 3.63) is 132 Å². The van der Waals surface area contributed by atoms with Gasteiger partial charge in [-0.3, -0.25) is 4.98 Å². The Hall–Kier alpha value is -4.17. The van der Waals surface area contributed by atoms with Crippen LogP contribution in [-0.4, -0.2) is 11.5 Å². The highest BCUT2D eigenvalue weighted by molar-refractivity contribution is 6.02. The number of fused-ring (bicyclic) bond motifs is 1. The number of rotatable bonds is 8. The molecule has 0 unspecified atom stereocenters. The monoisotopic (exact) mass is 468 g/mol. The second kappa shape index (κ2) is 11.0. The van der Waals surface area contributed by atoms with Crippen LogP contribution in [0, 0.1) is 0 Å². The van der Waals surface area contributed by atoms with Gasteiger partial charge in [0.2, 0.25) is 0 Å². The molecular weight excluding hydrogens is 436 g/mol. The zero-order valence-corrected chi connectivity index (χ0v) is 21.0. The van der Waals surface area contributed by atoms with E-state index in [4.69, 9.17) is 4.98 Å². The Balaban J connectivity index is 1.67. The van der Waals surface area contributed by atoms with Crippen molar-refractivity contribution >= 4 is 28.2 Å². The number of aryl methyl sites for hydroxylation is 2. The van der Waals surface area contributed by atoms with Gasteiger partial charge in [0.1, 0.15) is 0 Å². The fourth-order valence-corrected chi connectivity index (χ4v) is 4.63. The normalized spacial score (nSPS) is 11.6. The Morgan fingerprint density at radius 2 is 1.36 bits per heavy atom. The first kappa shape index (κ1) is 23.6. The maximum Gasteiger partial charge on any atom is 0.0708 e. The van der Waals surface area contributed by atoms with Gasteiger partial charge in [0.15, 0.2) is 0 Å². The Morgan fingerprint density at radius 1 is 0.722 bits per heavy atom. The molecule has 0 spiro atoms. The molecule has 2 heteroatoms. The molecule has 0 aliphatic rings. The number of benzene rings is 4. The maximum absolute atomic E-state index is 4.88. The molecule has 0 saturated carbocycles. The lowest BCUT2D eigenvalue weighted by Gasteiger charge is -2.18. The minimum absolute atomic E-state index is 0.694. The number of pyridine rings is 1. The highest BCUT2D eigenvalue weighted by Crippen LogP contribution is 2.36. The summed E-state index contributed by atoms with van der Waals surface area (Å²) in [7, 11) is 0. The Kier molecular flexibility index (Phi) is 7.23. The van der Waals surface area contributed by atoms with Crippen LogP contribution in [0.5, 0.6) is 0 Å². The summed E-state index contributed by atoms with van der Waals surface area (Å²) in [6, 6.07) is 36.7. The highest BCUT2D eigenvalue weighted by Gasteiger charge is 2.15. The molecule has 2 nitrogen and oxygen atoms in total. The maximum atomic E-state index is 4.88. The average Bonchev–Trinajstić information content (AvgIpc) is 2.95. The van der Waals surface area contributed by atoms with Crippen LogP contribution in [0.25, 0.3) is 33.7 Å². The van der Waals surface area contributed by atoms with Gasteiger partial charge in [-0.1, -0.05) is 98.8 Å². The van der Waals surface area contributed by atoms with Crippen molar-refractivity contribution in [3.8, 4) is 11.1 Å². The van der Waals surface area contributed by atoms with Gasteiger partial charge in [-0.15, -0.1) is 0 Å². The van der Waals surface area contributed by atoms with Gasteiger partial charge in [-0.25, -0.2) is 0 Å². The van der Waals surface area contributed by atoms with Gasteiger partial charge in [-0.2, -0.15) is 0 Å². The molecule has 0 saturated heterocycles. The number of nitrogens with zero attached hydrogens (tertiary/aromatic N) is 1. The van der Waals surface area contributed by atoms with Crippen LogP contribution >= 0.6 is 0 Å². The van der Waals surface area contributed by atoms with Crippen molar-refractivity contribution in [2.24, 2.45) is 0 Å². The van der Waals surface area contributed by atoms with Gasteiger partial charge in [0.05, 0.1) is 5.52 Å². The molecule has 5 rings (SSSR count). The van der Waals surface area contributed by atoms with E-state index >= 15 is 0 Å². The lowest BCUT2D eigenvalue weighted by atomic mass is 9.90. The first-order valence-electron chi connectivity index (χ1n) is 12.8. The van der Waals surface area contributed by atoms with Crippen LogP contribution in [0.1, 0.15) is 36.1 Å². The molecule has 1 heterocycles. The molecule has 0 amide bonds. The number of anilines is 1. The number of nitrogens with one attached hydrogen (secondary N) is 1. The molecule has 1 aromatic heterocycles. The predicted octanol–water partition coefficient (Wildman–Crippen LogP) is 8.68. The van der Waals surface area contributed by atoms with Crippen molar-refractivity contribution in [2.75, 3.05) is 11.9 Å². The first-order valence-corrected chi connectivity index (χ1v) is 12.8. The molecule has 36 heavy (non-hydrogen) atoms. The quantitative estimate of drug-likeness (QED) is 0.246. The third-order valence-corrected chi connectivity index (χ3v) is 6.76. The van der Waals surface area contributed by atoms with Crippen LogP contribution < -0.4 is 5.32 Å². The van der Waals surface area contributed by atoms with Crippen LogP contribution in [0.15, 0.2) is 109 Å². The molecule has 5 aromatic rings. The first-order chi connectivity index (χ1) is 17.7. The predicted molar refractivity (Wildman–Crippen MR) is 155 cm³/mol. The summed E-state index contributed by atoms with van der Waals surface area (Å²) < 4.78 is 0. The summed E-state index contributed by atoms with van der Waals surface area (Å²) >= 11 is 0. The van der Waals surface area contributed by atoms with E-state index in [0.29, 0.717) is 6.54 Å². The zero-order chi connectivity index (χ0) is 24.7. The van der Waals surface area contributed by atoms with E-state index in [1.54, 1.807) is 0 Å². The van der Waals surface area contributed by atoms with E-state index < -0.39 is 0 Å². The smallest absolute Gasteiger partial charge is 0.0708 e. The van der Waals surface area contributed by atoms with Crippen LogP contribution in [0.4, 0.5) is 5.69 Å². The van der Waals surface area contributed by atoms with Gasteiger partial charge >= 0.3 is 0 Å². The molecule has 0 radical (unpaired) electrons. The second-order valence-electron chi connectivity index (χ2n) is 9.10. The van der Waals surface area contributed by atoms with Crippen molar-refractivity contribution in [1.82, 2.24) is 4.98 Å². The second-order valence-corrected chi connectivity index (χ2v) is 9.10. The number of hydrogen-bond acceptors (Lipinski definition) is 2. The fraction of sp³-hybridized carbons (Fsp3) is 0.147. The lowest BCUT2D eigenvalue weighted by molar-refractivity contribution is 1.14. The summed E-state index contributed by atoms with van der Waals surface area (Å²) in [5, 5.41) is 4.81. The average molecular weight is 469 g/mol. The molecule has 4 aromatic carbocycles. The third kappa shape index (κ3) is 5.23. The minimum atomic E-state index is 0.694. The van der Waals surface area contributed by atoms with Gasteiger partial charge in [-0.05, 0) is 64.9 Å². The zero-order valence-electron chi connectivity index (χ0n) is 21.0. The highest BCUT2D eigenvalue weighted by atomic mass is 14.9. The van der Waals surface area contributed by atoms with E-state index in [2.05, 4.69) is 122 Å². The van der Waals surface area contributed by atoms with Crippen molar-refractivity contribution in [3.63, 3.8) is 0 Å². The van der Waals surface area contributed by atoms with E-state index in [-0.39, 0.29) is 0 Å². The van der Waals surface area contributed by atoms with Crippen molar-refractivity contribution in [1.29, 1.82) is 0 Å². The SMILES string of the molecule is CCc1ccc(/C=C(\CNc2ccccc2)c2cnc3ccccc3c2-c2ccc(CC)cc2)cc1. The van der Waals surface area contributed by atoms with Gasteiger partial charge in [0, 0.05) is 34.9 Å². The van der Waals surface area contributed by atoms with E-state index in [0.717, 1.165) is 29.6 Å². The summed E-state index contributed by atoms with van der Waals surface area (Å²) in [5.74, 6) is 0. The minimum Gasteiger partial charge on any atom is -0.381 e. The fourth-order valence-electron chi connectivity index (χ4n) is 4.63. The molecule has 0 bridgehead atoms. The number of hydrogen-bond donors (Lipinski definition) is 1. The lowest BCUT2D eigenvalue weighted by Crippen LogP contribution is -2.06. The Morgan fingerprint density at radius 3 is 2.06 bits per heavy atom. The van der Waals surface area contributed by atoms with Crippen molar-refractivity contribution in [2.45, 2.75) is 26.7 Å². The summed E-state index contributed by atoms with van der Waals surface area (Å²) in [5.41, 5.74) is 10.8. The Bertz CT molecular complexity index is 1460. The Labute approximate surface area is 214 Å². The van der Waals surface area contributed by atoms with E-state index in [9.17, 15) is 0 Å². The topological polar surface area (TPSA) is 24.9 Å². The van der Waals surface area contributed by atoms with Crippen LogP contribution in [0.2, 0.25) is 0 Å². The van der Waals surface area contributed by atoms with Crippen molar-refractivity contribution < 1.29 is 0 Å². The molecular formula is C34H32N2. The molecule has 178 valence electrons. The number of aromatic nitrogens is 1. The molecule has 0 fully saturated rings. The standard InChI is InChI=1S/C34H32N2/c1-3-25-14-16-27(17-15-25)22-29(23-35-30-10-6-5-7-11-30)32-24-36-33-13-9-8-12-31(33)34(32)28-20-18-26(4-2)19-21-28/h5-22,24,35H,3-4,23H2,1-2H3/b29-22+. The van der Waals surface area contributed by atoms with Gasteiger partial charge in [0.25, 0.3) is 0 Å². The summed E-state index contributed by atoms with van der Waals surface area (Å²) in [4.78, 5) is 4.88. The molecule has 0 aliphatic carbocycles. The summed E-state index contributed by atoms with van der Waals surface area (Å²) in [6.45, 7) is 5.08. The third-order valence-electron chi connectivity index (χ3n) is 6.76. The molecule has 0 aliphatic heterocycles. The van der Waals surface area contributed by atoms with E-state index in [1.165, 1.54) is 38.8 Å². The number of para-hydroxylation sites is 2. The molecule has 1 N–H and O–H groups in total. The molecule has 0 atom stereocenters. The van der Waals surface area contributed by atoms with Gasteiger partial charge < -0.3 is 5.32 Å². The largest absolute Gasteiger partial charge is 0.381 e. The summed E-state index contributed by atoms with van der Waals surface area (Å²) in [6.07, 6.45) is 6.42.